The smallest absolute Gasteiger partial charge is 0.167 e. The van der Waals surface area contributed by atoms with Gasteiger partial charge in [-0.2, -0.15) is 0 Å². The molecule has 0 aliphatic carbocycles. The molecular formula is C15H14O. The van der Waals surface area contributed by atoms with E-state index in [-0.39, 0.29) is 5.78 Å². The maximum Gasteiger partial charge on any atom is 0.167 e. The lowest BCUT2D eigenvalue weighted by Gasteiger charge is -2.04. The fourth-order valence-electron chi connectivity index (χ4n) is 1.76. The van der Waals surface area contributed by atoms with Crippen molar-refractivity contribution in [2.75, 3.05) is 0 Å². The summed E-state index contributed by atoms with van der Waals surface area (Å²) in [5.74, 6) is 0.185. The van der Waals surface area contributed by atoms with Gasteiger partial charge < -0.3 is 0 Å². The van der Waals surface area contributed by atoms with Crippen LogP contribution in [-0.2, 0) is 6.42 Å². The SMILES string of the molecule is Cc1ccccc1C(=O)Cc1ccccc1. The van der Waals surface area contributed by atoms with Crippen LogP contribution in [0.15, 0.2) is 54.6 Å². The summed E-state index contributed by atoms with van der Waals surface area (Å²) in [7, 11) is 0. The fraction of sp³-hybridized carbons (Fsp3) is 0.133. The van der Waals surface area contributed by atoms with Crippen LogP contribution in [0, 0.1) is 6.92 Å². The minimum atomic E-state index is 0.185. The summed E-state index contributed by atoms with van der Waals surface area (Å²) in [6.07, 6.45) is 0.478. The van der Waals surface area contributed by atoms with Gasteiger partial charge in [0.15, 0.2) is 5.78 Å². The highest BCUT2D eigenvalue weighted by molar-refractivity contribution is 5.98. The Labute approximate surface area is 95.7 Å². The molecule has 2 aromatic rings. The fourth-order valence-corrected chi connectivity index (χ4v) is 1.76. The lowest BCUT2D eigenvalue weighted by Crippen LogP contribution is -2.05. The standard InChI is InChI=1S/C15H14O/c1-12-7-5-6-10-14(12)15(16)11-13-8-3-2-4-9-13/h2-10H,11H2,1H3. The number of ketones is 1. The van der Waals surface area contributed by atoms with Crippen LogP contribution in [0.5, 0.6) is 0 Å². The summed E-state index contributed by atoms with van der Waals surface area (Å²) in [5, 5.41) is 0. The molecule has 0 saturated heterocycles. The van der Waals surface area contributed by atoms with E-state index in [1.807, 2.05) is 61.5 Å². The van der Waals surface area contributed by atoms with Crippen LogP contribution < -0.4 is 0 Å². The maximum atomic E-state index is 12.0. The van der Waals surface area contributed by atoms with Gasteiger partial charge in [0.05, 0.1) is 0 Å². The molecule has 1 nitrogen and oxygen atoms in total. The lowest BCUT2D eigenvalue weighted by atomic mass is 9.99. The third-order valence-corrected chi connectivity index (χ3v) is 2.65. The topological polar surface area (TPSA) is 17.1 Å². The van der Waals surface area contributed by atoms with Gasteiger partial charge in [0, 0.05) is 12.0 Å². The van der Waals surface area contributed by atoms with E-state index in [1.54, 1.807) is 0 Å². The van der Waals surface area contributed by atoms with E-state index in [0.29, 0.717) is 6.42 Å². The number of carbonyl (C=O) groups is 1. The normalized spacial score (nSPS) is 10.1. The van der Waals surface area contributed by atoms with Crippen molar-refractivity contribution < 1.29 is 4.79 Å². The number of aryl methyl sites for hydroxylation is 1. The van der Waals surface area contributed by atoms with Crippen LogP contribution in [-0.4, -0.2) is 5.78 Å². The van der Waals surface area contributed by atoms with Gasteiger partial charge in [0.25, 0.3) is 0 Å². The molecule has 0 radical (unpaired) electrons. The lowest BCUT2D eigenvalue weighted by molar-refractivity contribution is 0.0992. The zero-order chi connectivity index (χ0) is 11.4. The molecule has 2 aromatic carbocycles. The van der Waals surface area contributed by atoms with E-state index >= 15 is 0 Å². The van der Waals surface area contributed by atoms with Crippen LogP contribution in [0.4, 0.5) is 0 Å². The van der Waals surface area contributed by atoms with E-state index in [2.05, 4.69) is 0 Å². The monoisotopic (exact) mass is 210 g/mol. The Kier molecular flexibility index (Phi) is 3.16. The van der Waals surface area contributed by atoms with Gasteiger partial charge >= 0.3 is 0 Å². The Balaban J connectivity index is 2.19. The molecule has 0 bridgehead atoms. The second kappa shape index (κ2) is 4.75. The van der Waals surface area contributed by atoms with Gasteiger partial charge in [-0.15, -0.1) is 0 Å². The molecule has 0 saturated carbocycles. The van der Waals surface area contributed by atoms with Crippen molar-refractivity contribution in [3.05, 3.63) is 71.3 Å². The van der Waals surface area contributed by atoms with Gasteiger partial charge in [-0.05, 0) is 18.1 Å². The quantitative estimate of drug-likeness (QED) is 0.709. The Morgan fingerprint density at radius 2 is 1.56 bits per heavy atom. The van der Waals surface area contributed by atoms with E-state index in [4.69, 9.17) is 0 Å². The number of Topliss-reactive ketones (excluding diaryl/α,β-unsaturated/α-hetero) is 1. The molecule has 80 valence electrons. The Bertz CT molecular complexity index is 486. The molecule has 2 rings (SSSR count). The zero-order valence-corrected chi connectivity index (χ0v) is 9.31. The zero-order valence-electron chi connectivity index (χ0n) is 9.31. The number of hydrogen-bond acceptors (Lipinski definition) is 1. The Morgan fingerprint density at radius 3 is 2.25 bits per heavy atom. The molecule has 16 heavy (non-hydrogen) atoms. The van der Waals surface area contributed by atoms with Crippen LogP contribution in [0.1, 0.15) is 21.5 Å². The largest absolute Gasteiger partial charge is 0.294 e. The third-order valence-electron chi connectivity index (χ3n) is 2.65. The van der Waals surface area contributed by atoms with Gasteiger partial charge in [-0.1, -0.05) is 54.6 Å². The highest BCUT2D eigenvalue weighted by Gasteiger charge is 2.08. The van der Waals surface area contributed by atoms with E-state index < -0.39 is 0 Å². The van der Waals surface area contributed by atoms with E-state index in [9.17, 15) is 4.79 Å². The van der Waals surface area contributed by atoms with Gasteiger partial charge in [0.1, 0.15) is 0 Å². The van der Waals surface area contributed by atoms with E-state index in [1.165, 1.54) is 0 Å². The number of rotatable bonds is 3. The van der Waals surface area contributed by atoms with Crippen molar-refractivity contribution >= 4 is 5.78 Å². The average Bonchev–Trinajstić information content (AvgIpc) is 2.31. The Morgan fingerprint density at radius 1 is 0.938 bits per heavy atom. The van der Waals surface area contributed by atoms with Crippen molar-refractivity contribution in [2.45, 2.75) is 13.3 Å². The highest BCUT2D eigenvalue weighted by Crippen LogP contribution is 2.11. The first-order valence-electron chi connectivity index (χ1n) is 5.40. The minimum absolute atomic E-state index is 0.185. The molecule has 0 unspecified atom stereocenters. The van der Waals surface area contributed by atoms with Crippen LogP contribution >= 0.6 is 0 Å². The van der Waals surface area contributed by atoms with Gasteiger partial charge in [-0.25, -0.2) is 0 Å². The van der Waals surface area contributed by atoms with Crippen molar-refractivity contribution in [1.29, 1.82) is 0 Å². The second-order valence-corrected chi connectivity index (χ2v) is 3.90. The van der Waals surface area contributed by atoms with Crippen LogP contribution in [0.3, 0.4) is 0 Å². The molecule has 0 amide bonds. The molecule has 0 aliphatic rings. The molecule has 0 heterocycles. The summed E-state index contributed by atoms with van der Waals surface area (Å²) < 4.78 is 0. The average molecular weight is 210 g/mol. The summed E-state index contributed by atoms with van der Waals surface area (Å²) in [6, 6.07) is 17.6. The predicted molar refractivity (Wildman–Crippen MR) is 65.7 cm³/mol. The van der Waals surface area contributed by atoms with Gasteiger partial charge in [0.2, 0.25) is 0 Å². The van der Waals surface area contributed by atoms with Crippen molar-refractivity contribution in [2.24, 2.45) is 0 Å². The predicted octanol–water partition coefficient (Wildman–Crippen LogP) is 3.42. The summed E-state index contributed by atoms with van der Waals surface area (Å²) in [5.41, 5.74) is 2.94. The van der Waals surface area contributed by atoms with Crippen LogP contribution in [0.25, 0.3) is 0 Å². The first-order chi connectivity index (χ1) is 7.77. The number of carbonyl (C=O) groups excluding carboxylic acids is 1. The summed E-state index contributed by atoms with van der Waals surface area (Å²) in [6.45, 7) is 1.97. The second-order valence-electron chi connectivity index (χ2n) is 3.90. The highest BCUT2D eigenvalue weighted by atomic mass is 16.1. The molecule has 0 spiro atoms. The molecular weight excluding hydrogens is 196 g/mol. The van der Waals surface area contributed by atoms with Crippen molar-refractivity contribution in [3.63, 3.8) is 0 Å². The first kappa shape index (κ1) is 10.6. The summed E-state index contributed by atoms with van der Waals surface area (Å²) in [4.78, 5) is 12.0. The van der Waals surface area contributed by atoms with E-state index in [0.717, 1.165) is 16.7 Å². The maximum absolute atomic E-state index is 12.0. The number of benzene rings is 2. The Hall–Kier alpha value is -1.89. The summed E-state index contributed by atoms with van der Waals surface area (Å²) >= 11 is 0. The molecule has 0 N–H and O–H groups in total. The molecule has 0 aromatic heterocycles. The molecule has 0 atom stereocenters. The molecule has 1 heteroatoms. The van der Waals surface area contributed by atoms with Crippen molar-refractivity contribution in [1.82, 2.24) is 0 Å². The minimum Gasteiger partial charge on any atom is -0.294 e. The van der Waals surface area contributed by atoms with Crippen LogP contribution in [0.2, 0.25) is 0 Å². The van der Waals surface area contributed by atoms with Crippen molar-refractivity contribution in [3.8, 4) is 0 Å². The molecule has 0 fully saturated rings. The third kappa shape index (κ3) is 2.37. The molecule has 0 aliphatic heterocycles. The van der Waals surface area contributed by atoms with Gasteiger partial charge in [-0.3, -0.25) is 4.79 Å². The first-order valence-corrected chi connectivity index (χ1v) is 5.40. The number of hydrogen-bond donors (Lipinski definition) is 0.